The van der Waals surface area contributed by atoms with Crippen molar-refractivity contribution in [1.29, 1.82) is 0 Å². The second-order valence-electron chi connectivity index (χ2n) is 6.98. The number of hydrogen-bond donors (Lipinski definition) is 1. The summed E-state index contributed by atoms with van der Waals surface area (Å²) in [5.41, 5.74) is 2.71. The molecule has 1 amide bonds. The third-order valence-corrected chi connectivity index (χ3v) is 5.04. The van der Waals surface area contributed by atoms with Gasteiger partial charge in [-0.15, -0.1) is 5.10 Å². The number of carbonyl (C=O) groups excluding carboxylic acids is 1. The number of hydrogen-bond acceptors (Lipinski definition) is 7. The quantitative estimate of drug-likeness (QED) is 0.508. The summed E-state index contributed by atoms with van der Waals surface area (Å²) >= 11 is 0. The molecule has 1 saturated heterocycles. The highest BCUT2D eigenvalue weighted by Gasteiger charge is 2.34. The monoisotopic (exact) mass is 405 g/mol. The Hall–Kier alpha value is -4.02. The Morgan fingerprint density at radius 1 is 1.23 bits per heavy atom. The molecule has 4 aromatic rings. The normalized spacial score (nSPS) is 14.0. The van der Waals surface area contributed by atoms with Gasteiger partial charge in [0.1, 0.15) is 23.7 Å². The predicted molar refractivity (Wildman–Crippen MR) is 105 cm³/mol. The van der Waals surface area contributed by atoms with Gasteiger partial charge in [0.25, 0.3) is 5.91 Å². The molecule has 0 saturated carbocycles. The molecule has 0 spiro atoms. The van der Waals surface area contributed by atoms with E-state index in [4.69, 9.17) is 4.74 Å². The van der Waals surface area contributed by atoms with Crippen molar-refractivity contribution in [3.8, 4) is 17.0 Å². The van der Waals surface area contributed by atoms with Gasteiger partial charge in [0.05, 0.1) is 37.4 Å². The molecule has 1 aromatic carbocycles. The van der Waals surface area contributed by atoms with Gasteiger partial charge in [0.15, 0.2) is 0 Å². The molecule has 152 valence electrons. The van der Waals surface area contributed by atoms with E-state index in [0.717, 1.165) is 11.3 Å². The Morgan fingerprint density at radius 3 is 2.83 bits per heavy atom. The number of ether oxygens (including phenoxy) is 1. The summed E-state index contributed by atoms with van der Waals surface area (Å²) < 4.78 is 7.16. The third kappa shape index (κ3) is 3.30. The zero-order chi connectivity index (χ0) is 20.5. The molecule has 5 rings (SSSR count). The van der Waals surface area contributed by atoms with Gasteiger partial charge in [-0.1, -0.05) is 17.3 Å². The first-order chi connectivity index (χ1) is 14.7. The zero-order valence-electron chi connectivity index (χ0n) is 16.2. The van der Waals surface area contributed by atoms with Gasteiger partial charge in [-0.25, -0.2) is 4.68 Å². The molecule has 0 radical (unpaired) electrons. The van der Waals surface area contributed by atoms with E-state index in [0.29, 0.717) is 36.8 Å². The van der Waals surface area contributed by atoms with Crippen molar-refractivity contribution in [2.75, 3.05) is 20.2 Å². The number of para-hydroxylation sites is 1. The molecule has 11 nitrogen and oxygen atoms in total. The van der Waals surface area contributed by atoms with Crippen LogP contribution in [0.15, 0.2) is 48.9 Å². The van der Waals surface area contributed by atoms with Crippen LogP contribution in [0.5, 0.6) is 5.75 Å². The number of nitrogens with zero attached hydrogens (tertiary/aromatic N) is 8. The molecule has 30 heavy (non-hydrogen) atoms. The van der Waals surface area contributed by atoms with E-state index in [1.807, 2.05) is 30.5 Å². The van der Waals surface area contributed by atoms with Crippen LogP contribution >= 0.6 is 0 Å². The number of amides is 1. The lowest BCUT2D eigenvalue weighted by Gasteiger charge is -2.38. The maximum atomic E-state index is 12.8. The summed E-state index contributed by atoms with van der Waals surface area (Å²) in [6, 6.07) is 9.41. The summed E-state index contributed by atoms with van der Waals surface area (Å²) in [6.45, 7) is 1.58. The summed E-state index contributed by atoms with van der Waals surface area (Å²) in [5, 5.41) is 23.6. The average molecular weight is 405 g/mol. The average Bonchev–Trinajstić information content (AvgIpc) is 3.49. The highest BCUT2D eigenvalue weighted by molar-refractivity contribution is 5.94. The molecule has 3 aromatic heterocycles. The van der Waals surface area contributed by atoms with Gasteiger partial charge >= 0.3 is 0 Å². The van der Waals surface area contributed by atoms with Crippen molar-refractivity contribution >= 4 is 5.91 Å². The van der Waals surface area contributed by atoms with Crippen molar-refractivity contribution in [3.63, 3.8) is 0 Å². The van der Waals surface area contributed by atoms with Gasteiger partial charge in [-0.05, 0) is 18.2 Å². The highest BCUT2D eigenvalue weighted by atomic mass is 16.5. The maximum absolute atomic E-state index is 12.8. The highest BCUT2D eigenvalue weighted by Crippen LogP contribution is 2.29. The molecule has 1 aliphatic rings. The Balaban J connectivity index is 1.22. The number of H-pyrrole nitrogens is 1. The van der Waals surface area contributed by atoms with Crippen molar-refractivity contribution in [2.45, 2.75) is 12.6 Å². The van der Waals surface area contributed by atoms with E-state index in [-0.39, 0.29) is 11.9 Å². The number of aromatic nitrogens is 8. The number of rotatable bonds is 6. The van der Waals surface area contributed by atoms with Crippen LogP contribution in [0.3, 0.4) is 0 Å². The van der Waals surface area contributed by atoms with Gasteiger partial charge in [0, 0.05) is 18.7 Å². The summed E-state index contributed by atoms with van der Waals surface area (Å²) in [6.07, 6.45) is 5.11. The second-order valence-corrected chi connectivity index (χ2v) is 6.98. The maximum Gasteiger partial charge on any atom is 0.272 e. The molecule has 11 heteroatoms. The van der Waals surface area contributed by atoms with Crippen LogP contribution in [-0.4, -0.2) is 71.2 Å². The smallest absolute Gasteiger partial charge is 0.272 e. The standard InChI is InChI=1S/C19H19N9O2/c1-30-18-5-3-2-4-15(18)16-8-17(24-23-16)19(29)26-11-14(12-26)27-9-13(22-25-27)10-28-20-6-7-21-28/h2-9,14H,10-12H2,1H3,(H,23,24). The minimum absolute atomic E-state index is 0.0948. The lowest BCUT2D eigenvalue weighted by molar-refractivity contribution is 0.0492. The molecule has 1 N–H and O–H groups in total. The van der Waals surface area contributed by atoms with Gasteiger partial charge in [-0.3, -0.25) is 9.89 Å². The van der Waals surface area contributed by atoms with Crippen molar-refractivity contribution < 1.29 is 9.53 Å². The van der Waals surface area contributed by atoms with Crippen LogP contribution < -0.4 is 4.74 Å². The Bertz CT molecular complexity index is 1160. The molecule has 1 fully saturated rings. The second kappa shape index (κ2) is 7.43. The Morgan fingerprint density at radius 2 is 2.03 bits per heavy atom. The minimum atomic E-state index is -0.0963. The van der Waals surface area contributed by atoms with E-state index < -0.39 is 0 Å². The Kier molecular flexibility index (Phi) is 4.46. The number of likely N-dealkylation sites (tertiary alicyclic amines) is 1. The van der Waals surface area contributed by atoms with Crippen LogP contribution in [0.2, 0.25) is 0 Å². The summed E-state index contributed by atoms with van der Waals surface area (Å²) in [4.78, 5) is 16.1. The summed E-state index contributed by atoms with van der Waals surface area (Å²) in [5.74, 6) is 0.611. The number of aromatic amines is 1. The number of nitrogens with one attached hydrogen (secondary N) is 1. The molecular weight excluding hydrogens is 386 g/mol. The molecule has 0 unspecified atom stereocenters. The fourth-order valence-corrected chi connectivity index (χ4v) is 3.42. The Labute approximate surface area is 171 Å². The lowest BCUT2D eigenvalue weighted by Crippen LogP contribution is -2.51. The fourth-order valence-electron chi connectivity index (χ4n) is 3.42. The topological polar surface area (TPSA) is 120 Å². The van der Waals surface area contributed by atoms with E-state index in [2.05, 4.69) is 30.7 Å². The van der Waals surface area contributed by atoms with Gasteiger partial charge in [-0.2, -0.15) is 20.1 Å². The molecule has 0 bridgehead atoms. The van der Waals surface area contributed by atoms with Crippen LogP contribution in [0.4, 0.5) is 0 Å². The van der Waals surface area contributed by atoms with Crippen LogP contribution in [0.1, 0.15) is 22.2 Å². The first-order valence-corrected chi connectivity index (χ1v) is 9.44. The van der Waals surface area contributed by atoms with Crippen LogP contribution in [-0.2, 0) is 6.54 Å². The van der Waals surface area contributed by atoms with Crippen molar-refractivity contribution in [3.05, 3.63) is 60.3 Å². The molecule has 1 aliphatic heterocycles. The first-order valence-electron chi connectivity index (χ1n) is 9.44. The zero-order valence-corrected chi connectivity index (χ0v) is 16.2. The largest absolute Gasteiger partial charge is 0.496 e. The lowest BCUT2D eigenvalue weighted by atomic mass is 10.1. The molecular formula is C19H19N9O2. The van der Waals surface area contributed by atoms with Crippen molar-refractivity contribution in [1.82, 2.24) is 45.1 Å². The van der Waals surface area contributed by atoms with Crippen LogP contribution in [0.25, 0.3) is 11.3 Å². The van der Waals surface area contributed by atoms with Crippen molar-refractivity contribution in [2.24, 2.45) is 0 Å². The number of benzene rings is 1. The number of carbonyl (C=O) groups is 1. The number of methoxy groups -OCH3 is 1. The van der Waals surface area contributed by atoms with E-state index in [1.165, 1.54) is 0 Å². The van der Waals surface area contributed by atoms with E-state index in [9.17, 15) is 4.79 Å². The third-order valence-electron chi connectivity index (χ3n) is 5.04. The fraction of sp³-hybridized carbons (Fsp3) is 0.263. The van der Waals surface area contributed by atoms with Crippen LogP contribution in [0, 0.1) is 0 Å². The molecule has 4 heterocycles. The minimum Gasteiger partial charge on any atom is -0.496 e. The SMILES string of the molecule is COc1ccccc1-c1cc(C(=O)N2CC(n3cc(Cn4nccn4)nn3)C2)[nH]n1. The molecule has 0 atom stereocenters. The first kappa shape index (κ1) is 18.0. The van der Waals surface area contributed by atoms with Gasteiger partial charge < -0.3 is 9.64 Å². The predicted octanol–water partition coefficient (Wildman–Crippen LogP) is 1.01. The van der Waals surface area contributed by atoms with E-state index >= 15 is 0 Å². The van der Waals surface area contributed by atoms with E-state index in [1.54, 1.807) is 39.9 Å². The van der Waals surface area contributed by atoms with Gasteiger partial charge in [0.2, 0.25) is 0 Å². The summed E-state index contributed by atoms with van der Waals surface area (Å²) in [7, 11) is 1.61. The molecule has 0 aliphatic carbocycles.